The third-order valence-electron chi connectivity index (χ3n) is 3.09. The number of ether oxygens (including phenoxy) is 1. The molecular weight excluding hydrogens is 278 g/mol. The highest BCUT2D eigenvalue weighted by atomic mass is 16.5. The van der Waals surface area contributed by atoms with Crippen LogP contribution in [-0.2, 0) is 14.4 Å². The average molecular weight is 289 g/mol. The number of hydrogen-bond donors (Lipinski definition) is 2. The van der Waals surface area contributed by atoms with Gasteiger partial charge in [-0.2, -0.15) is 0 Å². The monoisotopic (exact) mass is 289 g/mol. The zero-order valence-electron chi connectivity index (χ0n) is 10.8. The lowest BCUT2D eigenvalue weighted by atomic mass is 10.1. The quantitative estimate of drug-likeness (QED) is 0.653. The highest BCUT2D eigenvalue weighted by molar-refractivity contribution is 6.06. The summed E-state index contributed by atoms with van der Waals surface area (Å²) in [6.07, 6.45) is 0. The number of carbonyl (C=O) groups is 4. The van der Waals surface area contributed by atoms with Crippen LogP contribution in [0.1, 0.15) is 10.4 Å². The summed E-state index contributed by atoms with van der Waals surface area (Å²) < 4.78 is 5.19. The first-order valence-electron chi connectivity index (χ1n) is 6.21. The Morgan fingerprint density at radius 3 is 2.48 bits per heavy atom. The Morgan fingerprint density at radius 2 is 1.76 bits per heavy atom. The van der Waals surface area contributed by atoms with E-state index in [-0.39, 0.29) is 31.2 Å². The maximum atomic E-state index is 12.3. The summed E-state index contributed by atoms with van der Waals surface area (Å²) in [5.41, 5.74) is 0.659. The van der Waals surface area contributed by atoms with Crippen LogP contribution in [0.3, 0.4) is 0 Å². The van der Waals surface area contributed by atoms with Crippen molar-refractivity contribution < 1.29 is 23.9 Å². The molecule has 1 aromatic rings. The minimum atomic E-state index is -0.519. The van der Waals surface area contributed by atoms with E-state index in [4.69, 9.17) is 4.74 Å². The molecule has 0 spiro atoms. The van der Waals surface area contributed by atoms with Crippen LogP contribution in [0.25, 0.3) is 0 Å². The van der Waals surface area contributed by atoms with Crippen molar-refractivity contribution in [3.05, 3.63) is 23.8 Å². The summed E-state index contributed by atoms with van der Waals surface area (Å²) in [6, 6.07) is 4.55. The zero-order chi connectivity index (χ0) is 15.0. The fraction of sp³-hybridized carbons (Fsp3) is 0.231. The van der Waals surface area contributed by atoms with E-state index in [1.807, 2.05) is 0 Å². The van der Waals surface area contributed by atoms with Crippen LogP contribution >= 0.6 is 0 Å². The van der Waals surface area contributed by atoms with Gasteiger partial charge in [0, 0.05) is 5.56 Å². The van der Waals surface area contributed by atoms with Crippen LogP contribution < -0.4 is 15.4 Å². The number of imide groups is 1. The highest BCUT2D eigenvalue weighted by Gasteiger charge is 2.28. The van der Waals surface area contributed by atoms with E-state index in [1.165, 1.54) is 12.1 Å². The van der Waals surface area contributed by atoms with Gasteiger partial charge in [-0.05, 0) is 18.2 Å². The molecule has 1 saturated heterocycles. The van der Waals surface area contributed by atoms with Gasteiger partial charge in [0.15, 0.2) is 6.61 Å². The third-order valence-corrected chi connectivity index (χ3v) is 3.09. The predicted octanol–water partition coefficient (Wildman–Crippen LogP) is -0.884. The van der Waals surface area contributed by atoms with E-state index in [1.54, 1.807) is 6.07 Å². The number of anilines is 1. The second-order valence-electron chi connectivity index (χ2n) is 4.68. The molecule has 1 aromatic carbocycles. The minimum Gasteiger partial charge on any atom is -0.482 e. The number of nitrogens with zero attached hydrogens (tertiary/aromatic N) is 1. The van der Waals surface area contributed by atoms with Gasteiger partial charge in [-0.25, -0.2) is 0 Å². The number of piperazine rings is 1. The van der Waals surface area contributed by atoms with Crippen LogP contribution in [0, 0.1) is 0 Å². The van der Waals surface area contributed by atoms with E-state index in [9.17, 15) is 19.2 Å². The van der Waals surface area contributed by atoms with Crippen molar-refractivity contribution in [2.24, 2.45) is 0 Å². The van der Waals surface area contributed by atoms with Crippen molar-refractivity contribution in [3.8, 4) is 5.75 Å². The Balaban J connectivity index is 1.85. The van der Waals surface area contributed by atoms with Gasteiger partial charge in [-0.1, -0.05) is 0 Å². The fourth-order valence-electron chi connectivity index (χ4n) is 2.18. The molecule has 0 unspecified atom stereocenters. The molecule has 0 aliphatic carbocycles. The summed E-state index contributed by atoms with van der Waals surface area (Å²) >= 11 is 0. The van der Waals surface area contributed by atoms with E-state index in [0.717, 1.165) is 4.90 Å². The molecular formula is C13H11N3O5. The molecule has 0 bridgehead atoms. The number of hydrogen-bond acceptors (Lipinski definition) is 5. The maximum absolute atomic E-state index is 12.3. The molecule has 2 aliphatic heterocycles. The summed E-state index contributed by atoms with van der Waals surface area (Å²) in [5.74, 6) is -1.33. The lowest BCUT2D eigenvalue weighted by molar-refractivity contribution is -0.135. The lowest BCUT2D eigenvalue weighted by Gasteiger charge is -2.26. The van der Waals surface area contributed by atoms with E-state index >= 15 is 0 Å². The fourth-order valence-corrected chi connectivity index (χ4v) is 2.18. The van der Waals surface area contributed by atoms with Crippen molar-refractivity contribution in [1.82, 2.24) is 10.2 Å². The van der Waals surface area contributed by atoms with Gasteiger partial charge in [0.2, 0.25) is 11.8 Å². The summed E-state index contributed by atoms with van der Waals surface area (Å²) in [4.78, 5) is 47.3. The van der Waals surface area contributed by atoms with Gasteiger partial charge in [-0.3, -0.25) is 24.5 Å². The SMILES string of the molecule is O=C1CN(C(=O)c2ccc3c(c2)NC(=O)CO3)CC(=O)N1. The molecule has 0 atom stereocenters. The minimum absolute atomic E-state index is 0.0684. The first kappa shape index (κ1) is 13.1. The second-order valence-corrected chi connectivity index (χ2v) is 4.68. The molecule has 21 heavy (non-hydrogen) atoms. The van der Waals surface area contributed by atoms with Gasteiger partial charge in [0.1, 0.15) is 18.8 Å². The Labute approximate surface area is 119 Å². The number of fused-ring (bicyclic) bond motifs is 1. The summed E-state index contributed by atoms with van der Waals surface area (Å²) in [7, 11) is 0. The molecule has 0 radical (unpaired) electrons. The Morgan fingerprint density at radius 1 is 1.05 bits per heavy atom. The molecule has 2 aliphatic rings. The standard InChI is InChI=1S/C13H11N3O5/c17-10-4-16(5-11(18)15-10)13(20)7-1-2-9-8(3-7)14-12(19)6-21-9/h1-3H,4-6H2,(H,14,19)(H,15,17,18). The van der Waals surface area contributed by atoms with Crippen molar-refractivity contribution >= 4 is 29.3 Å². The number of carbonyl (C=O) groups excluding carboxylic acids is 4. The van der Waals surface area contributed by atoms with Crippen molar-refractivity contribution in [2.45, 2.75) is 0 Å². The van der Waals surface area contributed by atoms with Gasteiger partial charge in [0.25, 0.3) is 11.8 Å². The number of rotatable bonds is 1. The van der Waals surface area contributed by atoms with Gasteiger partial charge in [0.05, 0.1) is 5.69 Å². The van der Waals surface area contributed by atoms with Gasteiger partial charge >= 0.3 is 0 Å². The molecule has 1 fully saturated rings. The van der Waals surface area contributed by atoms with Gasteiger partial charge < -0.3 is 15.0 Å². The van der Waals surface area contributed by atoms with Crippen molar-refractivity contribution in [3.63, 3.8) is 0 Å². The maximum Gasteiger partial charge on any atom is 0.262 e. The third kappa shape index (κ3) is 2.55. The lowest BCUT2D eigenvalue weighted by Crippen LogP contribution is -2.53. The molecule has 2 N–H and O–H groups in total. The second kappa shape index (κ2) is 4.89. The number of amides is 4. The topological polar surface area (TPSA) is 105 Å². The Hall–Kier alpha value is -2.90. The van der Waals surface area contributed by atoms with Crippen molar-refractivity contribution in [1.29, 1.82) is 0 Å². The number of nitrogens with one attached hydrogen (secondary N) is 2. The first-order valence-corrected chi connectivity index (χ1v) is 6.21. The molecule has 8 heteroatoms. The van der Waals surface area contributed by atoms with E-state index < -0.39 is 17.7 Å². The molecule has 108 valence electrons. The van der Waals surface area contributed by atoms with Crippen LogP contribution in [-0.4, -0.2) is 48.2 Å². The predicted molar refractivity (Wildman–Crippen MR) is 69.6 cm³/mol. The molecule has 8 nitrogen and oxygen atoms in total. The van der Waals surface area contributed by atoms with Crippen LogP contribution in [0.2, 0.25) is 0 Å². The normalized spacial score (nSPS) is 17.5. The van der Waals surface area contributed by atoms with Crippen LogP contribution in [0.5, 0.6) is 5.75 Å². The smallest absolute Gasteiger partial charge is 0.262 e. The van der Waals surface area contributed by atoms with Gasteiger partial charge in [-0.15, -0.1) is 0 Å². The van der Waals surface area contributed by atoms with Crippen LogP contribution in [0.4, 0.5) is 5.69 Å². The molecule has 0 aromatic heterocycles. The molecule has 4 amide bonds. The van der Waals surface area contributed by atoms with E-state index in [0.29, 0.717) is 11.4 Å². The Bertz CT molecular complexity index is 654. The van der Waals surface area contributed by atoms with Crippen molar-refractivity contribution in [2.75, 3.05) is 25.0 Å². The molecule has 0 saturated carbocycles. The first-order chi connectivity index (χ1) is 10.0. The molecule has 2 heterocycles. The van der Waals surface area contributed by atoms with Crippen LogP contribution in [0.15, 0.2) is 18.2 Å². The number of benzene rings is 1. The largest absolute Gasteiger partial charge is 0.482 e. The summed E-state index contributed by atoms with van der Waals surface area (Å²) in [5, 5.41) is 4.72. The summed E-state index contributed by atoms with van der Waals surface area (Å²) in [6.45, 7) is -0.421. The Kier molecular flexibility index (Phi) is 3.05. The zero-order valence-corrected chi connectivity index (χ0v) is 10.8. The van der Waals surface area contributed by atoms with E-state index in [2.05, 4.69) is 10.6 Å². The average Bonchev–Trinajstić information content (AvgIpc) is 2.44. The molecule has 3 rings (SSSR count). The highest BCUT2D eigenvalue weighted by Crippen LogP contribution is 2.28.